The van der Waals surface area contributed by atoms with E-state index in [0.717, 1.165) is 31.2 Å². The zero-order valence-electron chi connectivity index (χ0n) is 9.59. The minimum absolute atomic E-state index is 0.522. The van der Waals surface area contributed by atoms with E-state index in [1.807, 2.05) is 6.07 Å². The maximum absolute atomic E-state index is 10.4. The normalized spacial score (nSPS) is 18.9. The van der Waals surface area contributed by atoms with Gasteiger partial charge in [-0.05, 0) is 42.7 Å². The third-order valence-corrected chi connectivity index (χ3v) is 3.24. The second kappa shape index (κ2) is 3.97. The molecule has 1 saturated carbocycles. The van der Waals surface area contributed by atoms with Crippen LogP contribution in [0.3, 0.4) is 0 Å². The van der Waals surface area contributed by atoms with Gasteiger partial charge in [0, 0.05) is 0 Å². The molecular formula is C14H19O. The van der Waals surface area contributed by atoms with Gasteiger partial charge in [-0.25, -0.2) is 0 Å². The van der Waals surface area contributed by atoms with Crippen molar-refractivity contribution in [2.75, 3.05) is 0 Å². The molecule has 15 heavy (non-hydrogen) atoms. The van der Waals surface area contributed by atoms with Crippen molar-refractivity contribution in [2.24, 2.45) is 0 Å². The molecule has 0 saturated heterocycles. The lowest BCUT2D eigenvalue weighted by Gasteiger charge is -2.38. The SMILES string of the molecule is C[C](C)Cc1ccccc1C1(O)CCC1. The first-order valence-corrected chi connectivity index (χ1v) is 5.72. The highest BCUT2D eigenvalue weighted by molar-refractivity contribution is 5.35. The van der Waals surface area contributed by atoms with Crippen molar-refractivity contribution in [3.63, 3.8) is 0 Å². The Morgan fingerprint density at radius 2 is 1.93 bits per heavy atom. The van der Waals surface area contributed by atoms with Gasteiger partial charge in [0.25, 0.3) is 0 Å². The Hall–Kier alpha value is -0.820. The largest absolute Gasteiger partial charge is 0.385 e. The zero-order chi connectivity index (χ0) is 10.9. The molecule has 0 unspecified atom stereocenters. The van der Waals surface area contributed by atoms with E-state index in [1.54, 1.807) is 0 Å². The molecule has 0 heterocycles. The van der Waals surface area contributed by atoms with E-state index < -0.39 is 5.60 Å². The van der Waals surface area contributed by atoms with E-state index in [0.29, 0.717) is 0 Å². The van der Waals surface area contributed by atoms with Gasteiger partial charge in [0.05, 0.1) is 5.60 Å². The third kappa shape index (κ3) is 2.07. The van der Waals surface area contributed by atoms with E-state index in [4.69, 9.17) is 0 Å². The van der Waals surface area contributed by atoms with Crippen LogP contribution >= 0.6 is 0 Å². The maximum Gasteiger partial charge on any atom is 0.0899 e. The fourth-order valence-electron chi connectivity index (χ4n) is 2.29. The Balaban J connectivity index is 2.29. The summed E-state index contributed by atoms with van der Waals surface area (Å²) in [4.78, 5) is 0. The summed E-state index contributed by atoms with van der Waals surface area (Å²) in [6.07, 6.45) is 3.98. The molecule has 1 nitrogen and oxygen atoms in total. The topological polar surface area (TPSA) is 20.2 Å². The summed E-state index contributed by atoms with van der Waals surface area (Å²) in [6.45, 7) is 4.28. The smallest absolute Gasteiger partial charge is 0.0899 e. The van der Waals surface area contributed by atoms with Crippen molar-refractivity contribution in [3.05, 3.63) is 41.3 Å². The highest BCUT2D eigenvalue weighted by atomic mass is 16.3. The van der Waals surface area contributed by atoms with E-state index in [-0.39, 0.29) is 0 Å². The highest BCUT2D eigenvalue weighted by Crippen LogP contribution is 2.42. The standard InChI is InChI=1S/C14H19O/c1-11(2)10-12-6-3-4-7-13(12)14(15)8-5-9-14/h3-4,6-7,15H,5,8-10H2,1-2H3. The Morgan fingerprint density at radius 1 is 1.27 bits per heavy atom. The number of rotatable bonds is 3. The van der Waals surface area contributed by atoms with Crippen molar-refractivity contribution in [2.45, 2.75) is 45.1 Å². The number of hydrogen-bond acceptors (Lipinski definition) is 1. The monoisotopic (exact) mass is 203 g/mol. The van der Waals surface area contributed by atoms with Gasteiger partial charge in [0.1, 0.15) is 0 Å². The molecule has 1 aliphatic carbocycles. The van der Waals surface area contributed by atoms with Crippen LogP contribution in [-0.2, 0) is 12.0 Å². The van der Waals surface area contributed by atoms with Crippen molar-refractivity contribution < 1.29 is 5.11 Å². The molecule has 81 valence electrons. The molecule has 1 aromatic rings. The number of aliphatic hydroxyl groups is 1. The molecule has 0 spiro atoms. The fourth-order valence-corrected chi connectivity index (χ4v) is 2.29. The molecule has 1 heteroatoms. The molecule has 0 amide bonds. The Bertz CT molecular complexity index is 337. The summed E-state index contributed by atoms with van der Waals surface area (Å²) >= 11 is 0. The molecule has 0 aliphatic heterocycles. The van der Waals surface area contributed by atoms with Crippen LogP contribution in [0, 0.1) is 5.92 Å². The van der Waals surface area contributed by atoms with Crippen molar-refractivity contribution in [1.82, 2.24) is 0 Å². The first kappa shape index (κ1) is 10.7. The minimum atomic E-state index is -0.522. The predicted molar refractivity (Wildman–Crippen MR) is 62.5 cm³/mol. The number of hydrogen-bond donors (Lipinski definition) is 1. The van der Waals surface area contributed by atoms with Gasteiger partial charge in [-0.1, -0.05) is 38.1 Å². The molecule has 1 aromatic carbocycles. The molecule has 0 atom stereocenters. The Morgan fingerprint density at radius 3 is 2.47 bits per heavy atom. The molecule has 0 aromatic heterocycles. The zero-order valence-corrected chi connectivity index (χ0v) is 9.59. The average Bonchev–Trinajstić information content (AvgIpc) is 2.14. The first-order valence-electron chi connectivity index (χ1n) is 5.72. The van der Waals surface area contributed by atoms with Gasteiger partial charge in [-0.15, -0.1) is 0 Å². The van der Waals surface area contributed by atoms with Gasteiger partial charge in [0.2, 0.25) is 0 Å². The van der Waals surface area contributed by atoms with E-state index in [1.165, 1.54) is 11.5 Å². The van der Waals surface area contributed by atoms with Crippen LogP contribution in [0.4, 0.5) is 0 Å². The van der Waals surface area contributed by atoms with Crippen molar-refractivity contribution >= 4 is 0 Å². The summed E-state index contributed by atoms with van der Waals surface area (Å²) < 4.78 is 0. The van der Waals surface area contributed by atoms with Crippen LogP contribution in [-0.4, -0.2) is 5.11 Å². The summed E-state index contributed by atoms with van der Waals surface area (Å²) in [5.74, 6) is 1.39. The first-order chi connectivity index (χ1) is 7.12. The van der Waals surface area contributed by atoms with Gasteiger partial charge >= 0.3 is 0 Å². The van der Waals surface area contributed by atoms with Crippen molar-refractivity contribution in [3.8, 4) is 0 Å². The van der Waals surface area contributed by atoms with Crippen LogP contribution in [0.2, 0.25) is 0 Å². The summed E-state index contributed by atoms with van der Waals surface area (Å²) in [5, 5.41) is 10.4. The summed E-state index contributed by atoms with van der Waals surface area (Å²) in [7, 11) is 0. The van der Waals surface area contributed by atoms with E-state index >= 15 is 0 Å². The lowest BCUT2D eigenvalue weighted by molar-refractivity contribution is -0.0394. The number of benzene rings is 1. The molecule has 1 radical (unpaired) electrons. The quantitative estimate of drug-likeness (QED) is 0.799. The molecule has 1 N–H and O–H groups in total. The van der Waals surface area contributed by atoms with Crippen LogP contribution < -0.4 is 0 Å². The predicted octanol–water partition coefficient (Wildman–Crippen LogP) is 3.21. The van der Waals surface area contributed by atoms with Crippen LogP contribution in [0.25, 0.3) is 0 Å². The van der Waals surface area contributed by atoms with E-state index in [9.17, 15) is 5.11 Å². The highest BCUT2D eigenvalue weighted by Gasteiger charge is 2.37. The Labute approximate surface area is 92.1 Å². The van der Waals surface area contributed by atoms with Gasteiger partial charge < -0.3 is 5.11 Å². The average molecular weight is 203 g/mol. The second-order valence-electron chi connectivity index (χ2n) is 4.93. The van der Waals surface area contributed by atoms with Gasteiger partial charge in [-0.3, -0.25) is 0 Å². The minimum Gasteiger partial charge on any atom is -0.385 e. The van der Waals surface area contributed by atoms with Gasteiger partial charge in [-0.2, -0.15) is 0 Å². The van der Waals surface area contributed by atoms with Crippen molar-refractivity contribution in [1.29, 1.82) is 0 Å². The lowest BCUT2D eigenvalue weighted by atomic mass is 9.73. The van der Waals surface area contributed by atoms with Crippen LogP contribution in [0.1, 0.15) is 44.2 Å². The second-order valence-corrected chi connectivity index (χ2v) is 4.93. The maximum atomic E-state index is 10.4. The molecule has 0 bridgehead atoms. The molecule has 2 rings (SSSR count). The fraction of sp³-hybridized carbons (Fsp3) is 0.500. The van der Waals surface area contributed by atoms with Crippen LogP contribution in [0.5, 0.6) is 0 Å². The summed E-state index contributed by atoms with van der Waals surface area (Å²) in [5.41, 5.74) is 1.92. The molecule has 1 aliphatic rings. The van der Waals surface area contributed by atoms with Crippen LogP contribution in [0.15, 0.2) is 24.3 Å². The summed E-state index contributed by atoms with van der Waals surface area (Å²) in [6, 6.07) is 8.31. The molecular weight excluding hydrogens is 184 g/mol. The Kier molecular flexibility index (Phi) is 2.83. The molecule has 1 fully saturated rings. The van der Waals surface area contributed by atoms with E-state index in [2.05, 4.69) is 32.0 Å². The lowest BCUT2D eigenvalue weighted by Crippen LogP contribution is -2.34. The third-order valence-electron chi connectivity index (χ3n) is 3.24. The van der Waals surface area contributed by atoms with Gasteiger partial charge in [0.15, 0.2) is 0 Å².